The maximum atomic E-state index is 11.9. The van der Waals surface area contributed by atoms with E-state index in [1.54, 1.807) is 24.4 Å². The highest BCUT2D eigenvalue weighted by molar-refractivity contribution is 6.04. The summed E-state index contributed by atoms with van der Waals surface area (Å²) in [7, 11) is 0. The van der Waals surface area contributed by atoms with Crippen molar-refractivity contribution in [3.05, 3.63) is 47.4 Å². The van der Waals surface area contributed by atoms with Crippen molar-refractivity contribution in [2.45, 2.75) is 13.8 Å². The first kappa shape index (κ1) is 12.0. The van der Waals surface area contributed by atoms with Crippen molar-refractivity contribution in [2.75, 3.05) is 5.32 Å². The Morgan fingerprint density at radius 3 is 2.56 bits per heavy atom. The van der Waals surface area contributed by atoms with Gasteiger partial charge in [0.25, 0.3) is 5.91 Å². The molecule has 5 heteroatoms. The second kappa shape index (κ2) is 4.83. The first-order chi connectivity index (χ1) is 8.56. The number of aryl methyl sites for hydroxylation is 1. The molecule has 0 bridgehead atoms. The van der Waals surface area contributed by atoms with Gasteiger partial charge < -0.3 is 10.3 Å². The van der Waals surface area contributed by atoms with Gasteiger partial charge in [0.05, 0.1) is 5.69 Å². The van der Waals surface area contributed by atoms with Crippen molar-refractivity contribution >= 4 is 17.5 Å². The summed E-state index contributed by atoms with van der Waals surface area (Å²) in [5.74, 6) is 0.0577. The first-order valence-corrected chi connectivity index (χ1v) is 5.50. The van der Waals surface area contributed by atoms with Crippen LogP contribution >= 0.6 is 0 Å². The molecule has 0 fully saturated rings. The third-order valence-corrected chi connectivity index (χ3v) is 2.47. The predicted molar refractivity (Wildman–Crippen MR) is 67.7 cm³/mol. The minimum Gasteiger partial charge on any atom is -0.348 e. The van der Waals surface area contributed by atoms with Gasteiger partial charge in [0.1, 0.15) is 11.5 Å². The van der Waals surface area contributed by atoms with Gasteiger partial charge in [-0.3, -0.25) is 9.59 Å². The highest BCUT2D eigenvalue weighted by Crippen LogP contribution is 2.08. The summed E-state index contributed by atoms with van der Waals surface area (Å²) in [5.41, 5.74) is 1.76. The molecular weight excluding hydrogens is 230 g/mol. The number of aromatic amines is 1. The van der Waals surface area contributed by atoms with E-state index in [9.17, 15) is 9.59 Å². The minimum atomic E-state index is -0.319. The lowest BCUT2D eigenvalue weighted by atomic mass is 10.3. The van der Waals surface area contributed by atoms with E-state index in [4.69, 9.17) is 0 Å². The SMILES string of the molecule is CC(=O)c1ccc(C(=O)Nc2cc(C)ccn2)[nH]1. The minimum absolute atomic E-state index is 0.109. The average Bonchev–Trinajstić information content (AvgIpc) is 2.78. The second-order valence-corrected chi connectivity index (χ2v) is 4.01. The third-order valence-electron chi connectivity index (χ3n) is 2.47. The molecule has 92 valence electrons. The fourth-order valence-corrected chi connectivity index (χ4v) is 1.52. The van der Waals surface area contributed by atoms with Gasteiger partial charge in [0.2, 0.25) is 0 Å². The number of ketones is 1. The lowest BCUT2D eigenvalue weighted by Gasteiger charge is -2.03. The summed E-state index contributed by atoms with van der Waals surface area (Å²) >= 11 is 0. The maximum Gasteiger partial charge on any atom is 0.273 e. The summed E-state index contributed by atoms with van der Waals surface area (Å²) in [5, 5.41) is 2.66. The number of pyridine rings is 1. The molecule has 2 rings (SSSR count). The van der Waals surface area contributed by atoms with E-state index in [1.807, 2.05) is 13.0 Å². The summed E-state index contributed by atoms with van der Waals surface area (Å²) in [6, 6.07) is 6.77. The Hall–Kier alpha value is -2.43. The number of hydrogen-bond acceptors (Lipinski definition) is 3. The van der Waals surface area contributed by atoms with Crippen LogP contribution in [0.25, 0.3) is 0 Å². The summed E-state index contributed by atoms with van der Waals surface area (Å²) in [4.78, 5) is 29.8. The molecule has 5 nitrogen and oxygen atoms in total. The van der Waals surface area contributed by atoms with Crippen LogP contribution in [0.3, 0.4) is 0 Å². The van der Waals surface area contributed by atoms with Gasteiger partial charge in [-0.1, -0.05) is 0 Å². The highest BCUT2D eigenvalue weighted by atomic mass is 16.2. The molecular formula is C13H13N3O2. The molecule has 2 aromatic heterocycles. The molecule has 0 atom stereocenters. The fourth-order valence-electron chi connectivity index (χ4n) is 1.52. The molecule has 1 amide bonds. The normalized spacial score (nSPS) is 10.1. The van der Waals surface area contributed by atoms with Crippen molar-refractivity contribution in [3.8, 4) is 0 Å². The van der Waals surface area contributed by atoms with Crippen LogP contribution in [0.15, 0.2) is 30.5 Å². The van der Waals surface area contributed by atoms with E-state index in [-0.39, 0.29) is 11.7 Å². The quantitative estimate of drug-likeness (QED) is 0.811. The van der Waals surface area contributed by atoms with Crippen LogP contribution < -0.4 is 5.32 Å². The van der Waals surface area contributed by atoms with Gasteiger partial charge in [-0.05, 0) is 36.8 Å². The molecule has 0 radical (unpaired) electrons. The monoisotopic (exact) mass is 243 g/mol. The Morgan fingerprint density at radius 2 is 1.94 bits per heavy atom. The zero-order valence-corrected chi connectivity index (χ0v) is 10.2. The Kier molecular flexibility index (Phi) is 3.23. The van der Waals surface area contributed by atoms with Crippen LogP contribution in [0, 0.1) is 6.92 Å². The maximum absolute atomic E-state index is 11.9. The molecule has 0 unspecified atom stereocenters. The Morgan fingerprint density at radius 1 is 1.22 bits per heavy atom. The van der Waals surface area contributed by atoms with Crippen molar-refractivity contribution in [2.24, 2.45) is 0 Å². The van der Waals surface area contributed by atoms with E-state index < -0.39 is 0 Å². The molecule has 18 heavy (non-hydrogen) atoms. The zero-order chi connectivity index (χ0) is 13.1. The van der Waals surface area contributed by atoms with Crippen LogP contribution in [-0.4, -0.2) is 21.7 Å². The number of anilines is 1. The zero-order valence-electron chi connectivity index (χ0n) is 10.2. The fraction of sp³-hybridized carbons (Fsp3) is 0.154. The standard InChI is InChI=1S/C13H13N3O2/c1-8-5-6-14-12(7-8)16-13(18)11-4-3-10(15-11)9(2)17/h3-7,15H,1-2H3,(H,14,16,18). The van der Waals surface area contributed by atoms with Crippen molar-refractivity contribution in [3.63, 3.8) is 0 Å². The number of nitrogens with one attached hydrogen (secondary N) is 2. The van der Waals surface area contributed by atoms with Gasteiger partial charge in [0, 0.05) is 13.1 Å². The Bertz CT molecular complexity index is 602. The van der Waals surface area contributed by atoms with E-state index >= 15 is 0 Å². The number of carbonyl (C=O) groups excluding carboxylic acids is 2. The summed E-state index contributed by atoms with van der Waals surface area (Å²) in [6.07, 6.45) is 1.63. The second-order valence-electron chi connectivity index (χ2n) is 4.01. The molecule has 0 aliphatic rings. The number of Topliss-reactive ketones (excluding diaryl/α,β-unsaturated/α-hetero) is 1. The van der Waals surface area contributed by atoms with Gasteiger partial charge >= 0.3 is 0 Å². The largest absolute Gasteiger partial charge is 0.348 e. The smallest absolute Gasteiger partial charge is 0.273 e. The average molecular weight is 243 g/mol. The van der Waals surface area contributed by atoms with Crippen molar-refractivity contribution in [1.82, 2.24) is 9.97 Å². The van der Waals surface area contributed by atoms with E-state index in [0.717, 1.165) is 5.56 Å². The van der Waals surface area contributed by atoms with Crippen LogP contribution in [0.4, 0.5) is 5.82 Å². The number of H-pyrrole nitrogens is 1. The molecule has 0 aromatic carbocycles. The van der Waals surface area contributed by atoms with Gasteiger partial charge in [0.15, 0.2) is 5.78 Å². The van der Waals surface area contributed by atoms with Crippen LogP contribution in [-0.2, 0) is 0 Å². The van der Waals surface area contributed by atoms with Crippen LogP contribution in [0.2, 0.25) is 0 Å². The van der Waals surface area contributed by atoms with E-state index in [1.165, 1.54) is 6.92 Å². The van der Waals surface area contributed by atoms with Crippen molar-refractivity contribution < 1.29 is 9.59 Å². The van der Waals surface area contributed by atoms with E-state index in [2.05, 4.69) is 15.3 Å². The van der Waals surface area contributed by atoms with Crippen LogP contribution in [0.5, 0.6) is 0 Å². The molecule has 2 heterocycles. The number of nitrogens with zero attached hydrogens (tertiary/aromatic N) is 1. The van der Waals surface area contributed by atoms with Gasteiger partial charge in [-0.2, -0.15) is 0 Å². The van der Waals surface area contributed by atoms with E-state index in [0.29, 0.717) is 17.2 Å². The molecule has 2 aromatic rings. The topological polar surface area (TPSA) is 74.8 Å². The van der Waals surface area contributed by atoms with Crippen LogP contribution in [0.1, 0.15) is 33.5 Å². The summed E-state index contributed by atoms with van der Waals surface area (Å²) in [6.45, 7) is 3.36. The predicted octanol–water partition coefficient (Wildman–Crippen LogP) is 2.17. The number of hydrogen-bond donors (Lipinski definition) is 2. The molecule has 0 spiro atoms. The summed E-state index contributed by atoms with van der Waals surface area (Å²) < 4.78 is 0. The van der Waals surface area contributed by atoms with Gasteiger partial charge in [-0.25, -0.2) is 4.98 Å². The first-order valence-electron chi connectivity index (χ1n) is 5.50. The molecule has 2 N–H and O–H groups in total. The molecule has 0 saturated carbocycles. The number of amides is 1. The Labute approximate surface area is 104 Å². The molecule has 0 aliphatic heterocycles. The number of aromatic nitrogens is 2. The number of rotatable bonds is 3. The lowest BCUT2D eigenvalue weighted by molar-refractivity contribution is 0.101. The van der Waals surface area contributed by atoms with Crippen molar-refractivity contribution in [1.29, 1.82) is 0 Å². The molecule has 0 saturated heterocycles. The lowest BCUT2D eigenvalue weighted by Crippen LogP contribution is -2.13. The van der Waals surface area contributed by atoms with Gasteiger partial charge in [-0.15, -0.1) is 0 Å². The third kappa shape index (κ3) is 2.63. The molecule has 0 aliphatic carbocycles. The number of carbonyl (C=O) groups is 2. The highest BCUT2D eigenvalue weighted by Gasteiger charge is 2.10. The Balaban J connectivity index is 2.14.